The third-order valence-corrected chi connectivity index (χ3v) is 3.61. The summed E-state index contributed by atoms with van der Waals surface area (Å²) in [6.07, 6.45) is 0.443. The number of ether oxygens (including phenoxy) is 3. The highest BCUT2D eigenvalue weighted by Crippen LogP contribution is 2.18. The van der Waals surface area contributed by atoms with Crippen LogP contribution in [0, 0.1) is 5.82 Å². The van der Waals surface area contributed by atoms with Crippen LogP contribution in [0.4, 0.5) is 13.2 Å². The van der Waals surface area contributed by atoms with Gasteiger partial charge in [-0.2, -0.15) is 8.78 Å². The Hall–Kier alpha value is -3.23. The Morgan fingerprint density at radius 3 is 2.43 bits per heavy atom. The molecule has 0 fully saturated rings. The molecule has 0 saturated carbocycles. The van der Waals surface area contributed by atoms with Crippen LogP contribution < -0.4 is 14.8 Å². The number of hydrogen-bond acceptors (Lipinski definition) is 5. The minimum absolute atomic E-state index is 0.0110. The van der Waals surface area contributed by atoms with Gasteiger partial charge in [0.25, 0.3) is 5.91 Å². The van der Waals surface area contributed by atoms with Crippen molar-refractivity contribution in [2.45, 2.75) is 13.0 Å². The highest BCUT2D eigenvalue weighted by atomic mass is 19.3. The smallest absolute Gasteiger partial charge is 0.387 e. The van der Waals surface area contributed by atoms with Gasteiger partial charge in [-0.25, -0.2) is 9.18 Å². The summed E-state index contributed by atoms with van der Waals surface area (Å²) in [5, 5.41) is 2.55. The first-order chi connectivity index (χ1) is 13.4. The molecular formula is C19H18F3NO5. The lowest BCUT2D eigenvalue weighted by molar-refractivity contribution is -0.124. The van der Waals surface area contributed by atoms with Crippen LogP contribution in [-0.2, 0) is 16.0 Å². The second-order valence-electron chi connectivity index (χ2n) is 5.55. The molecule has 0 spiro atoms. The quantitative estimate of drug-likeness (QED) is 0.659. The van der Waals surface area contributed by atoms with Crippen molar-refractivity contribution in [1.82, 2.24) is 5.32 Å². The lowest BCUT2D eigenvalue weighted by atomic mass is 10.1. The molecule has 0 aliphatic carbocycles. The molecule has 0 aliphatic rings. The number of hydrogen-bond donors (Lipinski definition) is 1. The maximum Gasteiger partial charge on any atom is 0.387 e. The van der Waals surface area contributed by atoms with Gasteiger partial charge in [-0.3, -0.25) is 4.79 Å². The fraction of sp³-hybridized carbons (Fsp3) is 0.263. The molecule has 2 aromatic rings. The Morgan fingerprint density at radius 1 is 1.11 bits per heavy atom. The third kappa shape index (κ3) is 6.49. The van der Waals surface area contributed by atoms with Crippen LogP contribution in [0.3, 0.4) is 0 Å². The number of rotatable bonds is 9. The fourth-order valence-corrected chi connectivity index (χ4v) is 2.24. The summed E-state index contributed by atoms with van der Waals surface area (Å²) >= 11 is 0. The lowest BCUT2D eigenvalue weighted by Crippen LogP contribution is -2.30. The maximum absolute atomic E-state index is 13.6. The molecule has 0 saturated heterocycles. The third-order valence-electron chi connectivity index (χ3n) is 3.61. The summed E-state index contributed by atoms with van der Waals surface area (Å²) in [5.74, 6) is -2.05. The van der Waals surface area contributed by atoms with E-state index in [1.165, 1.54) is 31.4 Å². The van der Waals surface area contributed by atoms with Crippen LogP contribution >= 0.6 is 0 Å². The Morgan fingerprint density at radius 2 is 1.82 bits per heavy atom. The van der Waals surface area contributed by atoms with E-state index in [2.05, 4.69) is 10.1 Å². The van der Waals surface area contributed by atoms with E-state index in [9.17, 15) is 22.8 Å². The van der Waals surface area contributed by atoms with Gasteiger partial charge in [-0.1, -0.05) is 12.1 Å². The highest BCUT2D eigenvalue weighted by Gasteiger charge is 2.13. The molecule has 0 aromatic heterocycles. The molecule has 28 heavy (non-hydrogen) atoms. The summed E-state index contributed by atoms with van der Waals surface area (Å²) in [6.45, 7) is -3.15. The number of carbonyl (C=O) groups is 2. The van der Waals surface area contributed by atoms with Crippen molar-refractivity contribution >= 4 is 11.9 Å². The maximum atomic E-state index is 13.6. The molecular weight excluding hydrogens is 379 g/mol. The number of halogens is 3. The zero-order valence-corrected chi connectivity index (χ0v) is 14.9. The average molecular weight is 397 g/mol. The van der Waals surface area contributed by atoms with E-state index >= 15 is 0 Å². The number of alkyl halides is 2. The van der Waals surface area contributed by atoms with Gasteiger partial charge in [0.15, 0.2) is 18.2 Å². The van der Waals surface area contributed by atoms with E-state index in [0.29, 0.717) is 6.42 Å². The lowest BCUT2D eigenvalue weighted by Gasteiger charge is -2.08. The number of esters is 1. The second-order valence-corrected chi connectivity index (χ2v) is 5.55. The minimum atomic E-state index is -2.89. The van der Waals surface area contributed by atoms with Crippen LogP contribution in [0.15, 0.2) is 42.5 Å². The van der Waals surface area contributed by atoms with E-state index in [1.807, 2.05) is 0 Å². The molecule has 0 heterocycles. The summed E-state index contributed by atoms with van der Waals surface area (Å²) in [4.78, 5) is 23.6. The van der Waals surface area contributed by atoms with Gasteiger partial charge in [0, 0.05) is 6.54 Å². The molecule has 2 aromatic carbocycles. The van der Waals surface area contributed by atoms with Crippen molar-refractivity contribution in [3.63, 3.8) is 0 Å². The Balaban J connectivity index is 1.72. The summed E-state index contributed by atoms with van der Waals surface area (Å²) in [7, 11) is 1.30. The zero-order valence-electron chi connectivity index (χ0n) is 14.9. The minimum Gasteiger partial charge on any atom is -0.494 e. The first kappa shape index (κ1) is 21.1. The molecule has 1 N–H and O–H groups in total. The van der Waals surface area contributed by atoms with Crippen molar-refractivity contribution in [2.75, 3.05) is 20.3 Å². The molecule has 2 rings (SSSR count). The number of carbonyl (C=O) groups excluding carboxylic acids is 2. The molecule has 9 heteroatoms. The van der Waals surface area contributed by atoms with Crippen LogP contribution in [0.1, 0.15) is 15.9 Å². The first-order valence-corrected chi connectivity index (χ1v) is 8.20. The van der Waals surface area contributed by atoms with E-state index in [0.717, 1.165) is 11.6 Å². The standard InChI is InChI=1S/C19H18F3NO5/c1-26-16-7-4-13(10-15(16)20)18(25)27-11-17(24)23-9-8-12-2-5-14(6-3-12)28-19(21)22/h2-7,10,19H,8-9,11H2,1H3,(H,23,24). The Bertz CT molecular complexity index is 812. The van der Waals surface area contributed by atoms with Gasteiger partial charge in [-0.05, 0) is 42.3 Å². The van der Waals surface area contributed by atoms with Gasteiger partial charge in [0.1, 0.15) is 5.75 Å². The van der Waals surface area contributed by atoms with Crippen LogP contribution in [0.25, 0.3) is 0 Å². The number of benzene rings is 2. The SMILES string of the molecule is COc1ccc(C(=O)OCC(=O)NCCc2ccc(OC(F)F)cc2)cc1F. The van der Waals surface area contributed by atoms with E-state index in [4.69, 9.17) is 9.47 Å². The van der Waals surface area contributed by atoms with Crippen molar-refractivity contribution < 1.29 is 37.0 Å². The molecule has 0 atom stereocenters. The van der Waals surface area contributed by atoms with Crippen LogP contribution in [-0.4, -0.2) is 38.7 Å². The zero-order chi connectivity index (χ0) is 20.5. The molecule has 0 unspecified atom stereocenters. The Kier molecular flexibility index (Phi) is 7.67. The topological polar surface area (TPSA) is 73.9 Å². The van der Waals surface area contributed by atoms with Crippen molar-refractivity contribution in [1.29, 1.82) is 0 Å². The Labute approximate surface area is 159 Å². The predicted molar refractivity (Wildman–Crippen MR) is 93.0 cm³/mol. The summed E-state index contributed by atoms with van der Waals surface area (Å²) < 4.78 is 51.5. The van der Waals surface area contributed by atoms with Gasteiger partial charge in [0.2, 0.25) is 0 Å². The second kappa shape index (κ2) is 10.2. The van der Waals surface area contributed by atoms with Crippen molar-refractivity contribution in [3.05, 3.63) is 59.4 Å². The molecule has 0 radical (unpaired) electrons. The number of methoxy groups -OCH3 is 1. The number of amides is 1. The van der Waals surface area contributed by atoms with Crippen molar-refractivity contribution in [3.8, 4) is 11.5 Å². The molecule has 150 valence electrons. The molecule has 0 bridgehead atoms. The van der Waals surface area contributed by atoms with Gasteiger partial charge in [-0.15, -0.1) is 0 Å². The van der Waals surface area contributed by atoms with E-state index in [-0.39, 0.29) is 23.6 Å². The van der Waals surface area contributed by atoms with Gasteiger partial charge < -0.3 is 19.5 Å². The monoisotopic (exact) mass is 397 g/mol. The average Bonchev–Trinajstić information content (AvgIpc) is 2.67. The molecule has 1 amide bonds. The van der Waals surface area contributed by atoms with E-state index < -0.39 is 30.9 Å². The normalized spacial score (nSPS) is 10.5. The van der Waals surface area contributed by atoms with Gasteiger partial charge in [0.05, 0.1) is 12.7 Å². The first-order valence-electron chi connectivity index (χ1n) is 8.20. The largest absolute Gasteiger partial charge is 0.494 e. The number of nitrogens with one attached hydrogen (secondary N) is 1. The molecule has 0 aliphatic heterocycles. The van der Waals surface area contributed by atoms with Crippen molar-refractivity contribution in [2.24, 2.45) is 0 Å². The summed E-state index contributed by atoms with van der Waals surface area (Å²) in [5.41, 5.74) is 0.754. The summed E-state index contributed by atoms with van der Waals surface area (Å²) in [6, 6.07) is 9.57. The predicted octanol–water partition coefficient (Wildman–Crippen LogP) is 2.95. The molecule has 6 nitrogen and oxygen atoms in total. The van der Waals surface area contributed by atoms with E-state index in [1.54, 1.807) is 12.1 Å². The van der Waals surface area contributed by atoms with Gasteiger partial charge >= 0.3 is 12.6 Å². The van der Waals surface area contributed by atoms with Crippen LogP contribution in [0.5, 0.6) is 11.5 Å². The van der Waals surface area contributed by atoms with Crippen LogP contribution in [0.2, 0.25) is 0 Å². The highest BCUT2D eigenvalue weighted by molar-refractivity contribution is 5.91. The fourth-order valence-electron chi connectivity index (χ4n) is 2.24.